The molecule has 0 saturated carbocycles. The fourth-order valence-corrected chi connectivity index (χ4v) is 5.26. The van der Waals surface area contributed by atoms with Gasteiger partial charge in [-0.05, 0) is 49.3 Å². The third-order valence-electron chi connectivity index (χ3n) is 6.24. The van der Waals surface area contributed by atoms with Crippen molar-refractivity contribution >= 4 is 10.1 Å². The molecule has 0 amide bonds. The van der Waals surface area contributed by atoms with Crippen molar-refractivity contribution in [2.24, 2.45) is 5.92 Å². The molecule has 0 heterocycles. The van der Waals surface area contributed by atoms with Crippen LogP contribution in [0.5, 0.6) is 0 Å². The minimum Gasteiger partial charge on any atom is -0.282 e. The van der Waals surface area contributed by atoms with Crippen LogP contribution in [-0.2, 0) is 16.5 Å². The summed E-state index contributed by atoms with van der Waals surface area (Å²) in [5.74, 6) is 0.853. The fraction of sp³-hybridized carbons (Fsp3) is 0.769. The summed E-state index contributed by atoms with van der Waals surface area (Å²) in [6, 6.07) is 3.81. The van der Waals surface area contributed by atoms with Crippen LogP contribution in [0.1, 0.15) is 120 Å². The van der Waals surface area contributed by atoms with Gasteiger partial charge in [-0.25, -0.2) is 0 Å². The molecule has 3 nitrogen and oxygen atoms in total. The van der Waals surface area contributed by atoms with Gasteiger partial charge in [0.15, 0.2) is 0 Å². The van der Waals surface area contributed by atoms with E-state index in [9.17, 15) is 13.0 Å². The maximum Gasteiger partial charge on any atom is 0.295 e. The van der Waals surface area contributed by atoms with Gasteiger partial charge in [0.1, 0.15) is 4.90 Å². The van der Waals surface area contributed by atoms with Crippen molar-refractivity contribution in [1.29, 1.82) is 0 Å². The van der Waals surface area contributed by atoms with Gasteiger partial charge in [0, 0.05) is 0 Å². The van der Waals surface area contributed by atoms with E-state index < -0.39 is 10.1 Å². The molecule has 0 aliphatic carbocycles. The van der Waals surface area contributed by atoms with Gasteiger partial charge in [-0.1, -0.05) is 109 Å². The summed E-state index contributed by atoms with van der Waals surface area (Å²) < 4.78 is 33.1. The van der Waals surface area contributed by atoms with Crippen molar-refractivity contribution in [2.75, 3.05) is 0 Å². The molecule has 174 valence electrons. The third-order valence-corrected chi connectivity index (χ3v) is 7.33. The largest absolute Gasteiger partial charge is 0.295 e. The molecular weight excluding hydrogens is 392 g/mol. The Morgan fingerprint density at radius 1 is 0.733 bits per heavy atom. The van der Waals surface area contributed by atoms with E-state index in [2.05, 4.69) is 13.8 Å². The Balaban J connectivity index is 2.05. The first-order chi connectivity index (χ1) is 14.2. The van der Waals surface area contributed by atoms with Crippen LogP contribution in [0.25, 0.3) is 0 Å². The predicted octanol–water partition coefficient (Wildman–Crippen LogP) is 8.21. The second-order valence-corrected chi connectivity index (χ2v) is 10.9. The summed E-state index contributed by atoms with van der Waals surface area (Å²) in [7, 11) is -4.16. The maximum atomic E-state index is 11.8. The van der Waals surface area contributed by atoms with Crippen molar-refractivity contribution in [2.45, 2.75) is 129 Å². The monoisotopic (exact) mass is 438 g/mol. The topological polar surface area (TPSA) is 54.4 Å². The highest BCUT2D eigenvalue weighted by atomic mass is 32.2. The van der Waals surface area contributed by atoms with Crippen LogP contribution in [0.15, 0.2) is 17.0 Å². The van der Waals surface area contributed by atoms with E-state index in [0.29, 0.717) is 12.0 Å². The molecule has 0 aromatic heterocycles. The molecule has 0 saturated heterocycles. The molecule has 0 spiro atoms. The summed E-state index contributed by atoms with van der Waals surface area (Å²) in [5.41, 5.74) is 2.33. The highest BCUT2D eigenvalue weighted by Crippen LogP contribution is 2.25. The molecule has 1 N–H and O–H groups in total. The van der Waals surface area contributed by atoms with Gasteiger partial charge in [0.25, 0.3) is 10.1 Å². The molecule has 4 heteroatoms. The van der Waals surface area contributed by atoms with Gasteiger partial charge in [0.2, 0.25) is 0 Å². The zero-order valence-electron chi connectivity index (χ0n) is 20.0. The summed E-state index contributed by atoms with van der Waals surface area (Å²) in [5, 5.41) is 0. The second-order valence-electron chi connectivity index (χ2n) is 9.50. The SMILES string of the molecule is Cc1ccc(CCCCCCCCCCCCCCCC(C)C)c(S(=O)(=O)O)c1C. The van der Waals surface area contributed by atoms with Gasteiger partial charge < -0.3 is 0 Å². The minimum absolute atomic E-state index is 0.127. The number of aryl methyl sites for hydroxylation is 2. The van der Waals surface area contributed by atoms with Crippen LogP contribution in [0.3, 0.4) is 0 Å². The maximum absolute atomic E-state index is 11.8. The van der Waals surface area contributed by atoms with Crippen LogP contribution >= 0.6 is 0 Å². The first-order valence-electron chi connectivity index (χ1n) is 12.3. The highest BCUT2D eigenvalue weighted by molar-refractivity contribution is 7.86. The molecule has 1 rings (SSSR count). The molecule has 0 bridgehead atoms. The standard InChI is InChI=1S/C26H46O3S/c1-22(2)18-16-14-12-10-8-6-5-7-9-11-13-15-17-19-25-21-20-23(3)24(4)26(25)30(27,28)29/h20-22H,5-19H2,1-4H3,(H,27,28,29). The van der Waals surface area contributed by atoms with Crippen molar-refractivity contribution in [3.05, 3.63) is 28.8 Å². The zero-order valence-corrected chi connectivity index (χ0v) is 20.8. The first kappa shape index (κ1) is 27.2. The number of rotatable bonds is 17. The van der Waals surface area contributed by atoms with E-state index in [1.807, 2.05) is 19.1 Å². The number of unbranched alkanes of at least 4 members (excludes halogenated alkanes) is 12. The van der Waals surface area contributed by atoms with Crippen molar-refractivity contribution in [3.8, 4) is 0 Å². The Labute approximate surface area is 186 Å². The second kappa shape index (κ2) is 15.0. The molecule has 1 aromatic rings. The summed E-state index contributed by atoms with van der Waals surface area (Å²) in [4.78, 5) is 0.127. The van der Waals surface area contributed by atoms with Crippen LogP contribution in [0.2, 0.25) is 0 Å². The highest BCUT2D eigenvalue weighted by Gasteiger charge is 2.19. The average Bonchev–Trinajstić information content (AvgIpc) is 2.66. The van der Waals surface area contributed by atoms with Crippen LogP contribution in [0, 0.1) is 19.8 Å². The van der Waals surface area contributed by atoms with E-state index >= 15 is 0 Å². The van der Waals surface area contributed by atoms with E-state index in [1.54, 1.807) is 6.92 Å². The van der Waals surface area contributed by atoms with Crippen LogP contribution in [-0.4, -0.2) is 13.0 Å². The smallest absolute Gasteiger partial charge is 0.282 e. The zero-order chi connectivity index (χ0) is 22.4. The predicted molar refractivity (Wildman–Crippen MR) is 129 cm³/mol. The molecule has 0 fully saturated rings. The summed E-state index contributed by atoms with van der Waals surface area (Å²) in [6.45, 7) is 8.27. The molecule has 0 aliphatic rings. The molecule has 0 unspecified atom stereocenters. The Morgan fingerprint density at radius 3 is 1.60 bits per heavy atom. The number of benzene rings is 1. The summed E-state index contributed by atoms with van der Waals surface area (Å²) in [6.07, 6.45) is 19.1. The number of hydrogen-bond acceptors (Lipinski definition) is 2. The van der Waals surface area contributed by atoms with E-state index in [-0.39, 0.29) is 4.90 Å². The lowest BCUT2D eigenvalue weighted by molar-refractivity contribution is 0.480. The molecule has 30 heavy (non-hydrogen) atoms. The van der Waals surface area contributed by atoms with Gasteiger partial charge in [0.05, 0.1) is 0 Å². The van der Waals surface area contributed by atoms with Crippen molar-refractivity contribution in [1.82, 2.24) is 0 Å². The Hall–Kier alpha value is -0.870. The lowest BCUT2D eigenvalue weighted by Gasteiger charge is -2.12. The van der Waals surface area contributed by atoms with Gasteiger partial charge in [-0.2, -0.15) is 8.42 Å². The Morgan fingerprint density at radius 2 is 1.17 bits per heavy atom. The lowest BCUT2D eigenvalue weighted by atomic mass is 10.00. The van der Waals surface area contributed by atoms with Gasteiger partial charge in [-0.3, -0.25) is 4.55 Å². The Bertz CT molecular complexity index is 692. The normalized spacial score (nSPS) is 12.1. The van der Waals surface area contributed by atoms with Gasteiger partial charge >= 0.3 is 0 Å². The molecule has 0 radical (unpaired) electrons. The number of hydrogen-bond donors (Lipinski definition) is 1. The Kier molecular flexibility index (Phi) is 13.6. The minimum atomic E-state index is -4.16. The van der Waals surface area contributed by atoms with Crippen LogP contribution in [0.4, 0.5) is 0 Å². The third kappa shape index (κ3) is 11.5. The molecule has 0 atom stereocenters. The molecule has 1 aromatic carbocycles. The van der Waals surface area contributed by atoms with E-state index in [1.165, 1.54) is 77.0 Å². The fourth-order valence-electron chi connectivity index (χ4n) is 4.21. The quantitative estimate of drug-likeness (QED) is 0.197. The van der Waals surface area contributed by atoms with E-state index in [0.717, 1.165) is 29.9 Å². The van der Waals surface area contributed by atoms with Gasteiger partial charge in [-0.15, -0.1) is 0 Å². The molecule has 0 aliphatic heterocycles. The van der Waals surface area contributed by atoms with E-state index in [4.69, 9.17) is 0 Å². The van der Waals surface area contributed by atoms with Crippen LogP contribution < -0.4 is 0 Å². The summed E-state index contributed by atoms with van der Waals surface area (Å²) >= 11 is 0. The van der Waals surface area contributed by atoms with Crippen molar-refractivity contribution in [3.63, 3.8) is 0 Å². The molecular formula is C26H46O3S. The first-order valence-corrected chi connectivity index (χ1v) is 13.7. The average molecular weight is 439 g/mol. The lowest BCUT2D eigenvalue weighted by Crippen LogP contribution is -2.07. The van der Waals surface area contributed by atoms with Crippen molar-refractivity contribution < 1.29 is 13.0 Å².